The van der Waals surface area contributed by atoms with Gasteiger partial charge in [-0.2, -0.15) is 0 Å². The van der Waals surface area contributed by atoms with E-state index in [1.165, 1.54) is 18.2 Å². The number of hydrogen-bond acceptors (Lipinski definition) is 6. The third-order valence-electron chi connectivity index (χ3n) is 4.49. The van der Waals surface area contributed by atoms with Crippen molar-refractivity contribution in [3.05, 3.63) is 52.6 Å². The predicted molar refractivity (Wildman–Crippen MR) is 95.8 cm³/mol. The molecule has 0 unspecified atom stereocenters. The van der Waals surface area contributed by atoms with Crippen molar-refractivity contribution >= 4 is 0 Å². The Kier molecular flexibility index (Phi) is 4.70. The lowest BCUT2D eigenvalue weighted by Crippen LogP contribution is -2.31. The highest BCUT2D eigenvalue weighted by atomic mass is 16.5. The Hall–Kier alpha value is -2.86. The van der Waals surface area contributed by atoms with Crippen LogP contribution in [0.25, 0.3) is 0 Å². The van der Waals surface area contributed by atoms with Gasteiger partial charge in [0.2, 0.25) is 0 Å². The van der Waals surface area contributed by atoms with E-state index >= 15 is 0 Å². The van der Waals surface area contributed by atoms with Crippen molar-refractivity contribution in [3.8, 4) is 28.7 Å². The zero-order valence-corrected chi connectivity index (χ0v) is 14.6. The van der Waals surface area contributed by atoms with Crippen LogP contribution in [-0.4, -0.2) is 31.6 Å². The Bertz CT molecular complexity index is 867. The summed E-state index contributed by atoms with van der Waals surface area (Å²) in [5, 5.41) is 50.1. The summed E-state index contributed by atoms with van der Waals surface area (Å²) in [6.45, 7) is 3.88. The third-order valence-corrected chi connectivity index (χ3v) is 4.49. The van der Waals surface area contributed by atoms with Crippen molar-refractivity contribution in [2.45, 2.75) is 38.9 Å². The quantitative estimate of drug-likeness (QED) is 0.426. The SMILES string of the molecule is CC(C)=CCc1c(O)cc(O)c2c1O[C@H](c1ccc(O)c(O)c1)[C@@H](O)C2. The maximum atomic E-state index is 10.5. The molecule has 5 N–H and O–H groups in total. The number of allylic oxidation sites excluding steroid dienone is 2. The van der Waals surface area contributed by atoms with Crippen LogP contribution in [0, 0.1) is 0 Å². The molecule has 0 aromatic heterocycles. The Labute approximate surface area is 151 Å². The molecule has 0 fully saturated rings. The summed E-state index contributed by atoms with van der Waals surface area (Å²) in [5.41, 5.74) is 2.52. The van der Waals surface area contributed by atoms with Gasteiger partial charge in [-0.3, -0.25) is 0 Å². The van der Waals surface area contributed by atoms with Gasteiger partial charge in [0, 0.05) is 23.6 Å². The molecule has 26 heavy (non-hydrogen) atoms. The molecule has 2 aromatic rings. The number of benzene rings is 2. The molecule has 0 aliphatic carbocycles. The lowest BCUT2D eigenvalue weighted by atomic mass is 9.91. The second-order valence-electron chi connectivity index (χ2n) is 6.74. The van der Waals surface area contributed by atoms with E-state index in [-0.39, 0.29) is 29.4 Å². The van der Waals surface area contributed by atoms with Gasteiger partial charge in [-0.25, -0.2) is 0 Å². The average molecular weight is 358 g/mol. The number of phenolic OH excluding ortho intramolecular Hbond substituents is 4. The lowest BCUT2D eigenvalue weighted by Gasteiger charge is -2.33. The second kappa shape index (κ2) is 6.80. The van der Waals surface area contributed by atoms with E-state index < -0.39 is 12.2 Å². The molecule has 0 saturated heterocycles. The first-order valence-electron chi connectivity index (χ1n) is 8.34. The van der Waals surface area contributed by atoms with E-state index in [1.54, 1.807) is 6.07 Å². The van der Waals surface area contributed by atoms with Crippen LogP contribution in [0.5, 0.6) is 28.7 Å². The summed E-state index contributed by atoms with van der Waals surface area (Å²) >= 11 is 0. The highest BCUT2D eigenvalue weighted by Gasteiger charge is 2.34. The molecule has 0 radical (unpaired) electrons. The van der Waals surface area contributed by atoms with Gasteiger partial charge in [0.05, 0.1) is 6.10 Å². The minimum Gasteiger partial charge on any atom is -0.507 e. The predicted octanol–water partition coefficient (Wildman–Crippen LogP) is 3.05. The topological polar surface area (TPSA) is 110 Å². The van der Waals surface area contributed by atoms with Gasteiger partial charge in [-0.1, -0.05) is 17.7 Å². The summed E-state index contributed by atoms with van der Waals surface area (Å²) in [4.78, 5) is 0. The summed E-state index contributed by atoms with van der Waals surface area (Å²) in [5.74, 6) is -0.457. The van der Waals surface area contributed by atoms with E-state index in [0.29, 0.717) is 28.9 Å². The van der Waals surface area contributed by atoms with Crippen LogP contribution in [-0.2, 0) is 12.8 Å². The Morgan fingerprint density at radius 1 is 1.04 bits per heavy atom. The van der Waals surface area contributed by atoms with Crippen LogP contribution in [0.1, 0.15) is 36.6 Å². The zero-order chi connectivity index (χ0) is 19.0. The molecule has 0 spiro atoms. The van der Waals surface area contributed by atoms with Gasteiger partial charge in [-0.05, 0) is 38.0 Å². The Balaban J connectivity index is 2.06. The minimum absolute atomic E-state index is 0.0811. The molecule has 138 valence electrons. The third kappa shape index (κ3) is 3.28. The van der Waals surface area contributed by atoms with Gasteiger partial charge in [0.1, 0.15) is 23.4 Å². The molecule has 0 amide bonds. The number of hydrogen-bond donors (Lipinski definition) is 5. The maximum Gasteiger partial charge on any atom is 0.157 e. The molecule has 1 aliphatic heterocycles. The summed E-state index contributed by atoms with van der Waals surface area (Å²) < 4.78 is 5.96. The smallest absolute Gasteiger partial charge is 0.157 e. The lowest BCUT2D eigenvalue weighted by molar-refractivity contribution is 0.0190. The van der Waals surface area contributed by atoms with Crippen LogP contribution >= 0.6 is 0 Å². The number of aliphatic hydroxyl groups excluding tert-OH is 1. The molecule has 2 aromatic carbocycles. The number of aromatic hydroxyl groups is 4. The van der Waals surface area contributed by atoms with Gasteiger partial charge in [0.15, 0.2) is 11.5 Å². The van der Waals surface area contributed by atoms with Crippen molar-refractivity contribution in [3.63, 3.8) is 0 Å². The minimum atomic E-state index is -0.960. The molecule has 0 saturated carbocycles. The van der Waals surface area contributed by atoms with Crippen LogP contribution < -0.4 is 4.74 Å². The fourth-order valence-corrected chi connectivity index (χ4v) is 3.09. The van der Waals surface area contributed by atoms with Crippen LogP contribution in [0.4, 0.5) is 0 Å². The van der Waals surface area contributed by atoms with E-state index in [0.717, 1.165) is 5.57 Å². The number of ether oxygens (including phenoxy) is 1. The van der Waals surface area contributed by atoms with E-state index in [9.17, 15) is 25.5 Å². The molecular weight excluding hydrogens is 336 g/mol. The Morgan fingerprint density at radius 2 is 1.77 bits per heavy atom. The van der Waals surface area contributed by atoms with E-state index in [1.807, 2.05) is 19.9 Å². The maximum absolute atomic E-state index is 10.5. The summed E-state index contributed by atoms with van der Waals surface area (Å²) in [6, 6.07) is 5.45. The number of phenols is 4. The van der Waals surface area contributed by atoms with E-state index in [2.05, 4.69) is 0 Å². The molecule has 0 bridgehead atoms. The largest absolute Gasteiger partial charge is 0.507 e. The molecule has 3 rings (SSSR count). The molecule has 2 atom stereocenters. The Morgan fingerprint density at radius 3 is 2.42 bits per heavy atom. The second-order valence-corrected chi connectivity index (χ2v) is 6.74. The molecule has 6 heteroatoms. The van der Waals surface area contributed by atoms with Gasteiger partial charge in [0.25, 0.3) is 0 Å². The van der Waals surface area contributed by atoms with Crippen LogP contribution in [0.3, 0.4) is 0 Å². The van der Waals surface area contributed by atoms with E-state index in [4.69, 9.17) is 4.74 Å². The average Bonchev–Trinajstić information content (AvgIpc) is 2.57. The molecule has 1 aliphatic rings. The number of rotatable bonds is 3. The van der Waals surface area contributed by atoms with Gasteiger partial charge in [-0.15, -0.1) is 0 Å². The van der Waals surface area contributed by atoms with Gasteiger partial charge < -0.3 is 30.3 Å². The standard InChI is InChI=1S/C20H22O6/c1-10(2)3-5-12-15(22)9-16(23)13-8-18(25)19(26-20(12)13)11-4-6-14(21)17(24)7-11/h3-4,6-7,9,18-19,21-25H,5,8H2,1-2H3/t18-,19+/m0/s1. The highest BCUT2D eigenvalue weighted by Crippen LogP contribution is 2.46. The molecular formula is C20H22O6. The van der Waals surface area contributed by atoms with Gasteiger partial charge >= 0.3 is 0 Å². The van der Waals surface area contributed by atoms with Crippen molar-refractivity contribution in [2.75, 3.05) is 0 Å². The first-order valence-corrected chi connectivity index (χ1v) is 8.34. The number of fused-ring (bicyclic) bond motifs is 1. The van der Waals surface area contributed by atoms with Crippen molar-refractivity contribution < 1.29 is 30.3 Å². The van der Waals surface area contributed by atoms with Crippen molar-refractivity contribution in [1.29, 1.82) is 0 Å². The number of aliphatic hydroxyl groups is 1. The fourth-order valence-electron chi connectivity index (χ4n) is 3.09. The van der Waals surface area contributed by atoms with Crippen LogP contribution in [0.15, 0.2) is 35.9 Å². The summed E-state index contributed by atoms with van der Waals surface area (Å²) in [6.07, 6.45) is 0.719. The molecule has 1 heterocycles. The normalized spacial score (nSPS) is 18.7. The molecule has 6 nitrogen and oxygen atoms in total. The monoisotopic (exact) mass is 358 g/mol. The first kappa shape index (κ1) is 17.9. The zero-order valence-electron chi connectivity index (χ0n) is 14.6. The fraction of sp³-hybridized carbons (Fsp3) is 0.300. The first-order chi connectivity index (χ1) is 12.3. The van der Waals surface area contributed by atoms with Crippen molar-refractivity contribution in [2.24, 2.45) is 0 Å². The highest BCUT2D eigenvalue weighted by molar-refractivity contribution is 5.58. The van der Waals surface area contributed by atoms with Crippen LogP contribution in [0.2, 0.25) is 0 Å². The van der Waals surface area contributed by atoms with Crippen molar-refractivity contribution in [1.82, 2.24) is 0 Å². The summed E-state index contributed by atoms with van der Waals surface area (Å²) in [7, 11) is 0.